The summed E-state index contributed by atoms with van der Waals surface area (Å²) in [7, 11) is 1.84. The van der Waals surface area contributed by atoms with Gasteiger partial charge < -0.3 is 20.7 Å². The smallest absolute Gasteiger partial charge is 0.406 e. The fourth-order valence-corrected chi connectivity index (χ4v) is 3.99. The van der Waals surface area contributed by atoms with E-state index < -0.39 is 12.3 Å². The standard InChI is InChI=1S/C29H26F3N5O3/c1-18-3-8-21(17-25(18)27(33)39)35-28-34-14-13-26(36-28)37(2)22-9-4-19(5-10-22)15-23(38)16-20-6-11-24(12-7-20)40-29(30,31)32/h3-14,17H,15-16H2,1-2H3,(H2,33,39)(H,34,35,36). The number of carbonyl (C=O) groups is 2. The lowest BCUT2D eigenvalue weighted by Gasteiger charge is -2.19. The number of nitrogens with zero attached hydrogens (tertiary/aromatic N) is 3. The van der Waals surface area contributed by atoms with Crippen LogP contribution in [-0.2, 0) is 17.6 Å². The van der Waals surface area contributed by atoms with Gasteiger partial charge in [0.15, 0.2) is 0 Å². The van der Waals surface area contributed by atoms with E-state index in [4.69, 9.17) is 5.73 Å². The highest BCUT2D eigenvalue weighted by atomic mass is 19.4. The van der Waals surface area contributed by atoms with E-state index in [1.807, 2.05) is 36.2 Å². The number of aryl methyl sites for hydroxylation is 1. The van der Waals surface area contributed by atoms with Crippen molar-refractivity contribution in [2.75, 3.05) is 17.3 Å². The minimum Gasteiger partial charge on any atom is -0.406 e. The maximum absolute atomic E-state index is 12.5. The SMILES string of the molecule is Cc1ccc(Nc2nccc(N(C)c3ccc(CC(=O)Cc4ccc(OC(F)(F)F)cc4)cc3)n2)cc1C(N)=O. The van der Waals surface area contributed by atoms with Crippen LogP contribution in [0.25, 0.3) is 0 Å². The van der Waals surface area contributed by atoms with E-state index in [1.165, 1.54) is 24.3 Å². The molecule has 1 amide bonds. The van der Waals surface area contributed by atoms with E-state index in [0.717, 1.165) is 16.8 Å². The van der Waals surface area contributed by atoms with Gasteiger partial charge in [0.25, 0.3) is 0 Å². The lowest BCUT2D eigenvalue weighted by atomic mass is 10.0. The molecule has 0 bridgehead atoms. The first-order chi connectivity index (χ1) is 19.0. The average molecular weight is 550 g/mol. The van der Waals surface area contributed by atoms with Crippen LogP contribution in [0.3, 0.4) is 0 Å². The normalized spacial score (nSPS) is 11.1. The Balaban J connectivity index is 1.37. The Hall–Kier alpha value is -4.93. The summed E-state index contributed by atoms with van der Waals surface area (Å²) in [6.07, 6.45) is -2.88. The molecule has 0 saturated heterocycles. The van der Waals surface area contributed by atoms with Crippen molar-refractivity contribution in [3.05, 3.63) is 101 Å². The van der Waals surface area contributed by atoms with Crippen LogP contribution in [0.4, 0.5) is 36.3 Å². The molecule has 40 heavy (non-hydrogen) atoms. The second-order valence-corrected chi connectivity index (χ2v) is 9.07. The topological polar surface area (TPSA) is 110 Å². The van der Waals surface area contributed by atoms with Gasteiger partial charge in [-0.25, -0.2) is 4.98 Å². The molecule has 0 aliphatic rings. The van der Waals surface area contributed by atoms with Gasteiger partial charge in [-0.05, 0) is 66.1 Å². The molecule has 8 nitrogen and oxygen atoms in total. The second-order valence-electron chi connectivity index (χ2n) is 9.07. The fourth-order valence-electron chi connectivity index (χ4n) is 3.99. The van der Waals surface area contributed by atoms with Crippen LogP contribution in [0.1, 0.15) is 27.0 Å². The van der Waals surface area contributed by atoms with Crippen LogP contribution in [0.5, 0.6) is 5.75 Å². The number of primary amides is 1. The summed E-state index contributed by atoms with van der Waals surface area (Å²) in [6.45, 7) is 1.80. The van der Waals surface area contributed by atoms with Crippen LogP contribution in [0.15, 0.2) is 79.0 Å². The summed E-state index contributed by atoms with van der Waals surface area (Å²) in [4.78, 5) is 34.8. The molecular weight excluding hydrogens is 523 g/mol. The van der Waals surface area contributed by atoms with Crippen molar-refractivity contribution in [2.24, 2.45) is 5.73 Å². The van der Waals surface area contributed by atoms with Crippen molar-refractivity contribution in [3.63, 3.8) is 0 Å². The monoisotopic (exact) mass is 549 g/mol. The third-order valence-corrected chi connectivity index (χ3v) is 6.03. The van der Waals surface area contributed by atoms with Crippen molar-refractivity contribution in [2.45, 2.75) is 26.1 Å². The van der Waals surface area contributed by atoms with Crippen molar-refractivity contribution in [3.8, 4) is 5.75 Å². The summed E-state index contributed by atoms with van der Waals surface area (Å²) >= 11 is 0. The number of rotatable bonds is 10. The first-order valence-electron chi connectivity index (χ1n) is 12.2. The Morgan fingerprint density at radius 3 is 2.17 bits per heavy atom. The molecule has 1 heterocycles. The number of benzene rings is 3. The van der Waals surface area contributed by atoms with Gasteiger partial charge in [0, 0.05) is 43.0 Å². The van der Waals surface area contributed by atoms with Gasteiger partial charge in [-0.1, -0.05) is 30.3 Å². The van der Waals surface area contributed by atoms with Crippen molar-refractivity contribution >= 4 is 34.8 Å². The zero-order valence-corrected chi connectivity index (χ0v) is 21.7. The number of nitrogens with one attached hydrogen (secondary N) is 1. The molecule has 4 aromatic rings. The number of amides is 1. The molecular formula is C29H26F3N5O3. The molecule has 3 N–H and O–H groups in total. The Bertz CT molecular complexity index is 1510. The van der Waals surface area contributed by atoms with Crippen molar-refractivity contribution < 1.29 is 27.5 Å². The quantitative estimate of drug-likeness (QED) is 0.263. The number of nitrogens with two attached hydrogens (primary N) is 1. The van der Waals surface area contributed by atoms with E-state index in [2.05, 4.69) is 20.0 Å². The molecule has 1 aromatic heterocycles. The van der Waals surface area contributed by atoms with E-state index in [-0.39, 0.29) is 24.4 Å². The van der Waals surface area contributed by atoms with Gasteiger partial charge in [0.1, 0.15) is 17.4 Å². The summed E-state index contributed by atoms with van der Waals surface area (Å²) in [6, 6.07) is 19.6. The highest BCUT2D eigenvalue weighted by molar-refractivity contribution is 5.95. The summed E-state index contributed by atoms with van der Waals surface area (Å²) in [5.74, 6) is 0.0229. The van der Waals surface area contributed by atoms with E-state index in [9.17, 15) is 22.8 Å². The average Bonchev–Trinajstić information content (AvgIpc) is 2.90. The third kappa shape index (κ3) is 7.56. The number of halogens is 3. The zero-order valence-electron chi connectivity index (χ0n) is 21.7. The van der Waals surface area contributed by atoms with Crippen LogP contribution >= 0.6 is 0 Å². The highest BCUT2D eigenvalue weighted by Gasteiger charge is 2.31. The Labute approximate surface area is 228 Å². The molecule has 3 aromatic carbocycles. The molecule has 206 valence electrons. The summed E-state index contributed by atoms with van der Waals surface area (Å²) < 4.78 is 40.8. The maximum Gasteiger partial charge on any atom is 0.573 e. The number of anilines is 4. The van der Waals surface area contributed by atoms with E-state index in [1.54, 1.807) is 37.4 Å². The minimum atomic E-state index is -4.76. The number of hydrogen-bond acceptors (Lipinski definition) is 7. The number of ketones is 1. The number of ether oxygens (including phenoxy) is 1. The van der Waals surface area contributed by atoms with Gasteiger partial charge >= 0.3 is 6.36 Å². The lowest BCUT2D eigenvalue weighted by molar-refractivity contribution is -0.274. The van der Waals surface area contributed by atoms with Crippen LogP contribution in [-0.4, -0.2) is 35.1 Å². The molecule has 4 rings (SSSR count). The van der Waals surface area contributed by atoms with E-state index >= 15 is 0 Å². The predicted octanol–water partition coefficient (Wildman–Crippen LogP) is 5.65. The number of aromatic nitrogens is 2. The molecule has 0 fully saturated rings. The zero-order chi connectivity index (χ0) is 28.9. The Kier molecular flexibility index (Phi) is 8.32. The molecule has 0 spiro atoms. The number of alkyl halides is 3. The molecule has 0 unspecified atom stereocenters. The molecule has 11 heteroatoms. The number of carbonyl (C=O) groups excluding carboxylic acids is 2. The summed E-state index contributed by atoms with van der Waals surface area (Å²) in [5, 5.41) is 3.09. The van der Waals surface area contributed by atoms with Gasteiger partial charge in [-0.2, -0.15) is 4.98 Å². The Morgan fingerprint density at radius 1 is 0.950 bits per heavy atom. The first-order valence-corrected chi connectivity index (χ1v) is 12.2. The van der Waals surface area contributed by atoms with Gasteiger partial charge in [-0.3, -0.25) is 9.59 Å². The molecule has 0 atom stereocenters. The van der Waals surface area contributed by atoms with Gasteiger partial charge in [0.2, 0.25) is 11.9 Å². The summed E-state index contributed by atoms with van der Waals surface area (Å²) in [5.41, 5.74) is 9.46. The van der Waals surface area contributed by atoms with Crippen LogP contribution in [0, 0.1) is 6.92 Å². The van der Waals surface area contributed by atoms with Crippen LogP contribution < -0.4 is 20.7 Å². The molecule has 0 radical (unpaired) electrons. The third-order valence-electron chi connectivity index (χ3n) is 6.03. The van der Waals surface area contributed by atoms with Crippen molar-refractivity contribution in [1.29, 1.82) is 0 Å². The minimum absolute atomic E-state index is 0.0762. The number of Topliss-reactive ketones (excluding diaryl/α,β-unsaturated/α-hetero) is 1. The maximum atomic E-state index is 12.5. The van der Waals surface area contributed by atoms with E-state index in [0.29, 0.717) is 28.6 Å². The largest absolute Gasteiger partial charge is 0.573 e. The highest BCUT2D eigenvalue weighted by Crippen LogP contribution is 2.25. The molecule has 0 aliphatic heterocycles. The Morgan fingerprint density at radius 2 is 1.57 bits per heavy atom. The molecule has 0 saturated carbocycles. The molecule has 0 aliphatic carbocycles. The fraction of sp³-hybridized carbons (Fsp3) is 0.172. The first kappa shape index (κ1) is 28.1. The lowest BCUT2D eigenvalue weighted by Crippen LogP contribution is -2.17. The number of hydrogen-bond donors (Lipinski definition) is 2. The van der Waals surface area contributed by atoms with Crippen molar-refractivity contribution in [1.82, 2.24) is 9.97 Å². The van der Waals surface area contributed by atoms with Gasteiger partial charge in [-0.15, -0.1) is 13.2 Å². The van der Waals surface area contributed by atoms with Crippen LogP contribution in [0.2, 0.25) is 0 Å². The van der Waals surface area contributed by atoms with Gasteiger partial charge in [0.05, 0.1) is 0 Å². The second kappa shape index (κ2) is 11.9. The predicted molar refractivity (Wildman–Crippen MR) is 145 cm³/mol.